The van der Waals surface area contributed by atoms with Crippen molar-refractivity contribution >= 4 is 33.0 Å². The van der Waals surface area contributed by atoms with Crippen LogP contribution < -0.4 is 5.32 Å². The number of furan rings is 1. The third-order valence-corrected chi connectivity index (χ3v) is 6.49. The van der Waals surface area contributed by atoms with Gasteiger partial charge in [-0.3, -0.25) is 14.9 Å². The Balaban J connectivity index is 1.82. The number of amides is 1. The van der Waals surface area contributed by atoms with E-state index < -0.39 is 25.9 Å². The molecule has 3 aromatic rings. The number of carbonyl (C=O) groups is 1. The minimum absolute atomic E-state index is 0.0351. The second-order valence-corrected chi connectivity index (χ2v) is 8.58. The Morgan fingerprint density at radius 2 is 1.76 bits per heavy atom. The topological polar surface area (TPSA) is 120 Å². The molecule has 3 rings (SSSR count). The summed E-state index contributed by atoms with van der Waals surface area (Å²) in [5, 5.41) is 12.5. The van der Waals surface area contributed by atoms with Crippen molar-refractivity contribution in [2.24, 2.45) is 0 Å². The lowest BCUT2D eigenvalue weighted by atomic mass is 10.2. The molecule has 0 bridgehead atoms. The first-order valence-electron chi connectivity index (χ1n) is 8.34. The van der Waals surface area contributed by atoms with E-state index in [-0.39, 0.29) is 28.5 Å². The van der Waals surface area contributed by atoms with E-state index in [1.165, 1.54) is 60.9 Å². The van der Waals surface area contributed by atoms with E-state index >= 15 is 0 Å². The number of rotatable bonds is 7. The van der Waals surface area contributed by atoms with E-state index in [9.17, 15) is 23.3 Å². The Kier molecular flexibility index (Phi) is 6.00. The maximum Gasteiger partial charge on any atom is 0.269 e. The van der Waals surface area contributed by atoms with Gasteiger partial charge in [0.15, 0.2) is 9.84 Å². The summed E-state index contributed by atoms with van der Waals surface area (Å²) in [6.45, 7) is -0.256. The molecule has 150 valence electrons. The summed E-state index contributed by atoms with van der Waals surface area (Å²) in [6, 6.07) is 13.7. The molecule has 0 unspecified atom stereocenters. The third kappa shape index (κ3) is 4.64. The van der Waals surface area contributed by atoms with E-state index in [1.54, 1.807) is 6.07 Å². The molecule has 0 aliphatic rings. The number of carbonyl (C=O) groups excluding carboxylic acids is 1. The molecular weight excluding hydrogens is 420 g/mol. The van der Waals surface area contributed by atoms with Crippen molar-refractivity contribution in [2.45, 2.75) is 10.1 Å². The van der Waals surface area contributed by atoms with Crippen molar-refractivity contribution in [3.05, 3.63) is 93.4 Å². The third-order valence-electron chi connectivity index (χ3n) is 4.17. The van der Waals surface area contributed by atoms with Crippen LogP contribution in [-0.2, 0) is 9.84 Å². The van der Waals surface area contributed by atoms with Gasteiger partial charge in [0.25, 0.3) is 11.6 Å². The molecule has 29 heavy (non-hydrogen) atoms. The van der Waals surface area contributed by atoms with Crippen LogP contribution in [0.2, 0.25) is 5.02 Å². The molecular formula is C19H15ClN2O6S. The summed E-state index contributed by atoms with van der Waals surface area (Å²) in [5.41, 5.74) is 0.0121. The fourth-order valence-electron chi connectivity index (χ4n) is 2.65. The SMILES string of the molecule is O=C(NC[C@H](c1ccco1)S(=O)(=O)c1ccc(Cl)cc1)c1ccc([N+](=O)[O-])cc1. The number of hydrogen-bond acceptors (Lipinski definition) is 6. The minimum atomic E-state index is -3.89. The molecule has 0 aliphatic carbocycles. The number of nitrogens with one attached hydrogen (secondary N) is 1. The van der Waals surface area contributed by atoms with Gasteiger partial charge in [0, 0.05) is 29.3 Å². The highest BCUT2D eigenvalue weighted by molar-refractivity contribution is 7.91. The monoisotopic (exact) mass is 434 g/mol. The molecule has 10 heteroatoms. The Morgan fingerprint density at radius 1 is 1.10 bits per heavy atom. The smallest absolute Gasteiger partial charge is 0.269 e. The summed E-state index contributed by atoms with van der Waals surface area (Å²) in [5.74, 6) is -0.397. The van der Waals surface area contributed by atoms with Crippen molar-refractivity contribution in [1.29, 1.82) is 0 Å². The van der Waals surface area contributed by atoms with Crippen LogP contribution in [0.3, 0.4) is 0 Å². The number of nitro groups is 1. The van der Waals surface area contributed by atoms with Gasteiger partial charge in [0.2, 0.25) is 0 Å². The second-order valence-electron chi connectivity index (χ2n) is 6.02. The van der Waals surface area contributed by atoms with Crippen LogP contribution in [-0.4, -0.2) is 25.8 Å². The van der Waals surface area contributed by atoms with Gasteiger partial charge in [-0.25, -0.2) is 8.42 Å². The van der Waals surface area contributed by atoms with Crippen LogP contribution >= 0.6 is 11.6 Å². The standard InChI is InChI=1S/C19H15ClN2O6S/c20-14-5-9-16(10-6-14)29(26,27)18(17-2-1-11-28-17)12-21-19(23)13-3-7-15(8-4-13)22(24)25/h1-11,18H,12H2,(H,21,23)/t18-/m1/s1. The average molecular weight is 435 g/mol. The van der Waals surface area contributed by atoms with Gasteiger partial charge in [-0.1, -0.05) is 11.6 Å². The number of hydrogen-bond donors (Lipinski definition) is 1. The highest BCUT2D eigenvalue weighted by atomic mass is 35.5. The summed E-state index contributed by atoms with van der Waals surface area (Å²) < 4.78 is 31.4. The zero-order valence-electron chi connectivity index (χ0n) is 14.8. The molecule has 8 nitrogen and oxygen atoms in total. The maximum atomic E-state index is 13.1. The van der Waals surface area contributed by atoms with E-state index in [0.29, 0.717) is 5.02 Å². The number of nitro benzene ring substituents is 1. The molecule has 0 radical (unpaired) electrons. The van der Waals surface area contributed by atoms with Gasteiger partial charge in [0.05, 0.1) is 16.1 Å². The lowest BCUT2D eigenvalue weighted by Gasteiger charge is -2.17. The van der Waals surface area contributed by atoms with Crippen molar-refractivity contribution < 1.29 is 22.6 Å². The minimum Gasteiger partial charge on any atom is -0.468 e. The Bertz CT molecular complexity index is 1110. The molecule has 1 heterocycles. The van der Waals surface area contributed by atoms with Gasteiger partial charge in [-0.15, -0.1) is 0 Å². The summed E-state index contributed by atoms with van der Waals surface area (Å²) >= 11 is 5.83. The molecule has 0 aliphatic heterocycles. The maximum absolute atomic E-state index is 13.1. The fraction of sp³-hybridized carbons (Fsp3) is 0.105. The Morgan fingerprint density at radius 3 is 2.31 bits per heavy atom. The normalized spacial score (nSPS) is 12.3. The largest absolute Gasteiger partial charge is 0.468 e. The number of nitrogens with zero attached hydrogens (tertiary/aromatic N) is 1. The van der Waals surface area contributed by atoms with Crippen LogP contribution in [0.4, 0.5) is 5.69 Å². The van der Waals surface area contributed by atoms with Gasteiger partial charge in [-0.05, 0) is 48.5 Å². The van der Waals surface area contributed by atoms with Crippen molar-refractivity contribution in [3.63, 3.8) is 0 Å². The predicted molar refractivity (Wildman–Crippen MR) is 106 cm³/mol. The molecule has 1 amide bonds. The predicted octanol–water partition coefficient (Wildman–Crippen LogP) is 3.79. The first-order chi connectivity index (χ1) is 13.8. The molecule has 0 saturated heterocycles. The van der Waals surface area contributed by atoms with Crippen LogP contribution in [0.15, 0.2) is 76.2 Å². The highest BCUT2D eigenvalue weighted by Crippen LogP contribution is 2.29. The van der Waals surface area contributed by atoms with Gasteiger partial charge < -0.3 is 9.73 Å². The van der Waals surface area contributed by atoms with Crippen molar-refractivity contribution in [3.8, 4) is 0 Å². The van der Waals surface area contributed by atoms with Gasteiger partial charge >= 0.3 is 0 Å². The van der Waals surface area contributed by atoms with Crippen LogP contribution in [0, 0.1) is 10.1 Å². The summed E-state index contributed by atoms with van der Waals surface area (Å²) in [7, 11) is -3.89. The molecule has 0 fully saturated rings. The lowest BCUT2D eigenvalue weighted by Crippen LogP contribution is -2.31. The molecule has 1 N–H and O–H groups in total. The molecule has 1 aromatic heterocycles. The summed E-state index contributed by atoms with van der Waals surface area (Å²) in [6.07, 6.45) is 1.35. The van der Waals surface area contributed by atoms with Crippen molar-refractivity contribution in [1.82, 2.24) is 5.32 Å². The first kappa shape index (κ1) is 20.6. The number of sulfone groups is 1. The second kappa shape index (κ2) is 8.46. The van der Waals surface area contributed by atoms with Crippen LogP contribution in [0.1, 0.15) is 21.4 Å². The Labute approximate surface area is 171 Å². The van der Waals surface area contributed by atoms with Crippen LogP contribution in [0.25, 0.3) is 0 Å². The van der Waals surface area contributed by atoms with E-state index in [0.717, 1.165) is 0 Å². The molecule has 1 atom stereocenters. The quantitative estimate of drug-likeness (QED) is 0.446. The zero-order valence-corrected chi connectivity index (χ0v) is 16.4. The molecule has 0 spiro atoms. The number of benzene rings is 2. The van der Waals surface area contributed by atoms with Crippen LogP contribution in [0.5, 0.6) is 0 Å². The molecule has 0 saturated carbocycles. The lowest BCUT2D eigenvalue weighted by molar-refractivity contribution is -0.384. The van der Waals surface area contributed by atoms with E-state index in [2.05, 4.69) is 5.32 Å². The van der Waals surface area contributed by atoms with Crippen molar-refractivity contribution in [2.75, 3.05) is 6.54 Å². The number of non-ortho nitro benzene ring substituents is 1. The first-order valence-corrected chi connectivity index (χ1v) is 10.3. The fourth-order valence-corrected chi connectivity index (χ4v) is 4.36. The average Bonchev–Trinajstić information content (AvgIpc) is 3.22. The van der Waals surface area contributed by atoms with E-state index in [1.807, 2.05) is 0 Å². The Hall–Kier alpha value is -3.17. The molecule has 2 aromatic carbocycles. The summed E-state index contributed by atoms with van der Waals surface area (Å²) in [4.78, 5) is 22.6. The number of halogens is 1. The van der Waals surface area contributed by atoms with E-state index in [4.69, 9.17) is 16.0 Å². The van der Waals surface area contributed by atoms with Gasteiger partial charge in [0.1, 0.15) is 11.0 Å². The zero-order chi connectivity index (χ0) is 21.0. The highest BCUT2D eigenvalue weighted by Gasteiger charge is 2.32. The van der Waals surface area contributed by atoms with Gasteiger partial charge in [-0.2, -0.15) is 0 Å².